The monoisotopic (exact) mass is 326 g/mol. The maximum Gasteiger partial charge on any atom is 0.133 e. The van der Waals surface area contributed by atoms with Crippen LogP contribution in [-0.2, 0) is 6.42 Å². The summed E-state index contributed by atoms with van der Waals surface area (Å²) in [5, 5.41) is 10.0. The average Bonchev–Trinajstić information content (AvgIpc) is 2.30. The predicted molar refractivity (Wildman–Crippen MR) is 73.9 cm³/mol. The summed E-state index contributed by atoms with van der Waals surface area (Å²) < 4.78 is 27.7. The number of hydrogen-bond acceptors (Lipinski definition) is 1. The van der Waals surface area contributed by atoms with E-state index in [2.05, 4.69) is 15.9 Å². The fraction of sp³-hybridized carbons (Fsp3) is 0.200. The van der Waals surface area contributed by atoms with Crippen molar-refractivity contribution in [3.8, 4) is 0 Å². The van der Waals surface area contributed by atoms with E-state index in [-0.39, 0.29) is 12.0 Å². The highest BCUT2D eigenvalue weighted by atomic mass is 79.9. The Balaban J connectivity index is 2.25. The molecule has 0 saturated carbocycles. The quantitative estimate of drug-likeness (QED) is 0.891. The van der Waals surface area contributed by atoms with Crippen LogP contribution in [0.2, 0.25) is 0 Å². The number of halogens is 3. The van der Waals surface area contributed by atoms with Crippen LogP contribution in [0.5, 0.6) is 0 Å². The van der Waals surface area contributed by atoms with Gasteiger partial charge in [-0.3, -0.25) is 0 Å². The number of hydrogen-bond donors (Lipinski definition) is 1. The lowest BCUT2D eigenvalue weighted by Gasteiger charge is -2.13. The van der Waals surface area contributed by atoms with Gasteiger partial charge < -0.3 is 5.11 Å². The molecule has 19 heavy (non-hydrogen) atoms. The Morgan fingerprint density at radius 2 is 1.63 bits per heavy atom. The molecule has 0 aliphatic rings. The lowest BCUT2D eigenvalue weighted by molar-refractivity contribution is 0.168. The first kappa shape index (κ1) is 14.2. The molecule has 100 valence electrons. The van der Waals surface area contributed by atoms with Crippen LogP contribution in [-0.4, -0.2) is 5.11 Å². The molecule has 0 aliphatic carbocycles. The topological polar surface area (TPSA) is 20.2 Å². The molecule has 1 N–H and O–H groups in total. The van der Waals surface area contributed by atoms with E-state index in [1.165, 1.54) is 0 Å². The SMILES string of the molecule is Cc1ccc(CC(O)c2c(F)cc(Br)cc2F)cc1. The zero-order chi connectivity index (χ0) is 14.0. The van der Waals surface area contributed by atoms with E-state index in [1.807, 2.05) is 31.2 Å². The summed E-state index contributed by atoms with van der Waals surface area (Å²) in [5.74, 6) is -1.49. The molecule has 0 fully saturated rings. The van der Waals surface area contributed by atoms with Crippen LogP contribution in [0.4, 0.5) is 8.78 Å². The van der Waals surface area contributed by atoms with Gasteiger partial charge in [-0.2, -0.15) is 0 Å². The van der Waals surface area contributed by atoms with E-state index in [9.17, 15) is 13.9 Å². The Morgan fingerprint density at radius 3 is 2.16 bits per heavy atom. The number of aryl methyl sites for hydroxylation is 1. The van der Waals surface area contributed by atoms with Crippen LogP contribution in [0.3, 0.4) is 0 Å². The van der Waals surface area contributed by atoms with Gasteiger partial charge in [-0.25, -0.2) is 8.78 Å². The van der Waals surface area contributed by atoms with Crippen molar-refractivity contribution in [1.29, 1.82) is 0 Å². The summed E-state index contributed by atoms with van der Waals surface area (Å²) >= 11 is 3.01. The van der Waals surface area contributed by atoms with Gasteiger partial charge in [-0.15, -0.1) is 0 Å². The molecule has 1 atom stereocenters. The molecule has 1 nitrogen and oxygen atoms in total. The van der Waals surface area contributed by atoms with E-state index in [1.54, 1.807) is 0 Å². The summed E-state index contributed by atoms with van der Waals surface area (Å²) in [6.45, 7) is 1.95. The van der Waals surface area contributed by atoms with E-state index >= 15 is 0 Å². The highest BCUT2D eigenvalue weighted by molar-refractivity contribution is 9.10. The number of benzene rings is 2. The van der Waals surface area contributed by atoms with Crippen LogP contribution < -0.4 is 0 Å². The van der Waals surface area contributed by atoms with Crippen LogP contribution in [0.25, 0.3) is 0 Å². The van der Waals surface area contributed by atoms with Gasteiger partial charge in [-0.05, 0) is 24.6 Å². The second-order valence-electron chi connectivity index (χ2n) is 4.49. The summed E-state index contributed by atoms with van der Waals surface area (Å²) in [4.78, 5) is 0. The molecule has 0 saturated heterocycles. The van der Waals surface area contributed by atoms with Crippen molar-refractivity contribution < 1.29 is 13.9 Å². The van der Waals surface area contributed by atoms with E-state index < -0.39 is 17.7 Å². The second kappa shape index (κ2) is 5.80. The first-order chi connectivity index (χ1) is 8.97. The van der Waals surface area contributed by atoms with Gasteiger partial charge in [-0.1, -0.05) is 45.8 Å². The fourth-order valence-electron chi connectivity index (χ4n) is 1.92. The minimum atomic E-state index is -1.20. The molecule has 0 aromatic heterocycles. The van der Waals surface area contributed by atoms with Crippen molar-refractivity contribution in [2.45, 2.75) is 19.4 Å². The van der Waals surface area contributed by atoms with Gasteiger partial charge >= 0.3 is 0 Å². The third kappa shape index (κ3) is 3.39. The zero-order valence-corrected chi connectivity index (χ0v) is 11.9. The van der Waals surface area contributed by atoms with E-state index in [4.69, 9.17) is 0 Å². The maximum absolute atomic E-state index is 13.7. The molecular formula is C15H13BrF2O. The predicted octanol–water partition coefficient (Wildman–Crippen LogP) is 4.31. The molecule has 0 bridgehead atoms. The molecule has 0 aliphatic heterocycles. The first-order valence-corrected chi connectivity index (χ1v) is 6.64. The molecule has 2 aromatic carbocycles. The van der Waals surface area contributed by atoms with E-state index in [0.717, 1.165) is 23.3 Å². The van der Waals surface area contributed by atoms with Crippen molar-refractivity contribution >= 4 is 15.9 Å². The fourth-order valence-corrected chi connectivity index (χ4v) is 2.32. The maximum atomic E-state index is 13.7. The van der Waals surface area contributed by atoms with Crippen molar-refractivity contribution in [3.63, 3.8) is 0 Å². The minimum Gasteiger partial charge on any atom is -0.388 e. The van der Waals surface area contributed by atoms with Gasteiger partial charge in [0.25, 0.3) is 0 Å². The highest BCUT2D eigenvalue weighted by Gasteiger charge is 2.19. The van der Waals surface area contributed by atoms with Gasteiger partial charge in [0.2, 0.25) is 0 Å². The van der Waals surface area contributed by atoms with Gasteiger partial charge in [0.05, 0.1) is 11.7 Å². The normalized spacial score (nSPS) is 12.5. The smallest absolute Gasteiger partial charge is 0.133 e. The zero-order valence-electron chi connectivity index (χ0n) is 10.3. The second-order valence-corrected chi connectivity index (χ2v) is 5.40. The summed E-state index contributed by atoms with van der Waals surface area (Å²) in [6, 6.07) is 9.78. The van der Waals surface area contributed by atoms with Crippen LogP contribution in [0.15, 0.2) is 40.9 Å². The van der Waals surface area contributed by atoms with E-state index in [0.29, 0.717) is 4.47 Å². The molecule has 0 amide bonds. The van der Waals surface area contributed by atoms with Crippen molar-refractivity contribution in [3.05, 3.63) is 69.2 Å². The number of rotatable bonds is 3. The number of aliphatic hydroxyl groups excluding tert-OH is 1. The Bertz CT molecular complexity index is 558. The summed E-state index contributed by atoms with van der Waals surface area (Å²) in [6.07, 6.45) is -1.02. The Morgan fingerprint density at radius 1 is 1.11 bits per heavy atom. The third-order valence-electron chi connectivity index (χ3n) is 2.93. The van der Waals surface area contributed by atoms with Crippen LogP contribution in [0.1, 0.15) is 22.8 Å². The molecule has 4 heteroatoms. The Labute approximate surface area is 119 Å². The largest absolute Gasteiger partial charge is 0.388 e. The molecule has 2 aromatic rings. The van der Waals surface area contributed by atoms with Crippen molar-refractivity contribution in [2.75, 3.05) is 0 Å². The molecule has 1 unspecified atom stereocenters. The van der Waals surface area contributed by atoms with Gasteiger partial charge in [0, 0.05) is 10.9 Å². The lowest BCUT2D eigenvalue weighted by Crippen LogP contribution is -2.07. The Hall–Kier alpha value is -1.26. The Kier molecular flexibility index (Phi) is 4.32. The summed E-state index contributed by atoms with van der Waals surface area (Å²) in [7, 11) is 0. The van der Waals surface area contributed by atoms with Crippen LogP contribution in [0, 0.1) is 18.6 Å². The highest BCUT2D eigenvalue weighted by Crippen LogP contribution is 2.27. The third-order valence-corrected chi connectivity index (χ3v) is 3.38. The molecule has 0 radical (unpaired) electrons. The minimum absolute atomic E-state index is 0.176. The average molecular weight is 327 g/mol. The molecule has 2 rings (SSSR count). The molecule has 0 heterocycles. The van der Waals surface area contributed by atoms with Gasteiger partial charge in [0.1, 0.15) is 11.6 Å². The van der Waals surface area contributed by atoms with Crippen LogP contribution >= 0.6 is 15.9 Å². The van der Waals surface area contributed by atoms with Gasteiger partial charge in [0.15, 0.2) is 0 Å². The van der Waals surface area contributed by atoms with Crippen molar-refractivity contribution in [1.82, 2.24) is 0 Å². The standard InChI is InChI=1S/C15H13BrF2O/c1-9-2-4-10(5-3-9)6-14(19)15-12(17)7-11(16)8-13(15)18/h2-5,7-8,14,19H,6H2,1H3. The summed E-state index contributed by atoms with van der Waals surface area (Å²) in [5.41, 5.74) is 1.64. The molecular weight excluding hydrogens is 314 g/mol. The van der Waals surface area contributed by atoms with Crippen molar-refractivity contribution in [2.24, 2.45) is 0 Å². The first-order valence-electron chi connectivity index (χ1n) is 5.85. The number of aliphatic hydroxyl groups is 1. The molecule has 0 spiro atoms. The lowest BCUT2D eigenvalue weighted by atomic mass is 10.00.